The highest BCUT2D eigenvalue weighted by Crippen LogP contribution is 2.25. The number of carbonyl (C=O) groups excluding carboxylic acids is 1. The van der Waals surface area contributed by atoms with Gasteiger partial charge in [-0.2, -0.15) is 0 Å². The van der Waals surface area contributed by atoms with E-state index in [0.29, 0.717) is 11.3 Å². The average molecular weight is 392 g/mol. The molecule has 6 nitrogen and oxygen atoms in total. The molecular weight excluding hydrogens is 371 g/mol. The van der Waals surface area contributed by atoms with E-state index in [4.69, 9.17) is 4.74 Å². The first kappa shape index (κ1) is 20.6. The zero-order chi connectivity index (χ0) is 20.0. The Hall–Kier alpha value is -2.71. The van der Waals surface area contributed by atoms with Crippen molar-refractivity contribution in [1.82, 2.24) is 4.72 Å². The Kier molecular flexibility index (Phi) is 6.70. The molecule has 0 unspecified atom stereocenters. The summed E-state index contributed by atoms with van der Waals surface area (Å²) in [5.74, 6) is -0.622. The number of benzene rings is 2. The van der Waals surface area contributed by atoms with Crippen molar-refractivity contribution in [3.8, 4) is 5.75 Å². The van der Waals surface area contributed by atoms with Gasteiger partial charge in [0.1, 0.15) is 16.5 Å². The lowest BCUT2D eigenvalue weighted by molar-refractivity contribution is -0.111. The Morgan fingerprint density at radius 2 is 1.81 bits per heavy atom. The van der Waals surface area contributed by atoms with E-state index in [1.165, 1.54) is 55.7 Å². The standard InChI is InChI=1S/C19H21FN2O4S/c1-13(2)22-27(24,25)18-12-14(4-10-17(18)26-3)5-11-19(23)21-16-8-6-15(20)7-9-16/h4-13,22H,1-3H3,(H,21,23)/b11-5+. The van der Waals surface area contributed by atoms with Crippen molar-refractivity contribution in [2.75, 3.05) is 12.4 Å². The summed E-state index contributed by atoms with van der Waals surface area (Å²) in [6, 6.07) is 9.66. The topological polar surface area (TPSA) is 84.5 Å². The van der Waals surface area contributed by atoms with Crippen LogP contribution in [0.2, 0.25) is 0 Å². The van der Waals surface area contributed by atoms with Gasteiger partial charge < -0.3 is 10.1 Å². The van der Waals surface area contributed by atoms with Gasteiger partial charge in [-0.15, -0.1) is 0 Å². The molecule has 0 aliphatic rings. The van der Waals surface area contributed by atoms with Gasteiger partial charge >= 0.3 is 0 Å². The average Bonchev–Trinajstić information content (AvgIpc) is 2.60. The number of halogens is 1. The van der Waals surface area contributed by atoms with Crippen molar-refractivity contribution in [2.45, 2.75) is 24.8 Å². The molecule has 2 N–H and O–H groups in total. The van der Waals surface area contributed by atoms with Crippen LogP contribution in [-0.4, -0.2) is 27.5 Å². The summed E-state index contributed by atoms with van der Waals surface area (Å²) in [5, 5.41) is 2.59. The molecule has 0 aromatic heterocycles. The second kappa shape index (κ2) is 8.79. The van der Waals surface area contributed by atoms with Crippen LogP contribution >= 0.6 is 0 Å². The van der Waals surface area contributed by atoms with Gasteiger partial charge in [-0.3, -0.25) is 4.79 Å². The summed E-state index contributed by atoms with van der Waals surface area (Å²) >= 11 is 0. The number of nitrogens with one attached hydrogen (secondary N) is 2. The highest BCUT2D eigenvalue weighted by molar-refractivity contribution is 7.89. The van der Waals surface area contributed by atoms with E-state index in [1.54, 1.807) is 19.9 Å². The van der Waals surface area contributed by atoms with Crippen molar-refractivity contribution in [2.24, 2.45) is 0 Å². The molecule has 0 saturated heterocycles. The van der Waals surface area contributed by atoms with Crippen molar-refractivity contribution in [3.63, 3.8) is 0 Å². The Bertz CT molecular complexity index is 939. The summed E-state index contributed by atoms with van der Waals surface area (Å²) < 4.78 is 45.4. The molecule has 2 rings (SSSR count). The van der Waals surface area contributed by atoms with Crippen LogP contribution in [0.25, 0.3) is 6.08 Å². The molecular formula is C19H21FN2O4S. The van der Waals surface area contributed by atoms with Crippen LogP contribution in [0.4, 0.5) is 10.1 Å². The first-order valence-electron chi connectivity index (χ1n) is 8.16. The molecule has 0 aliphatic carbocycles. The maximum absolute atomic E-state index is 12.9. The number of anilines is 1. The number of rotatable bonds is 7. The molecule has 0 bridgehead atoms. The Morgan fingerprint density at radius 3 is 2.41 bits per heavy atom. The highest BCUT2D eigenvalue weighted by Gasteiger charge is 2.20. The number of ether oxygens (including phenoxy) is 1. The van der Waals surface area contributed by atoms with Crippen LogP contribution in [0.3, 0.4) is 0 Å². The lowest BCUT2D eigenvalue weighted by Crippen LogP contribution is -2.30. The normalized spacial score (nSPS) is 11.7. The maximum atomic E-state index is 12.9. The molecule has 1 amide bonds. The van der Waals surface area contributed by atoms with Crippen LogP contribution < -0.4 is 14.8 Å². The third kappa shape index (κ3) is 5.90. The summed E-state index contributed by atoms with van der Waals surface area (Å²) in [6.07, 6.45) is 2.74. The number of sulfonamides is 1. The van der Waals surface area contributed by atoms with Gasteiger partial charge in [-0.25, -0.2) is 17.5 Å². The molecule has 0 spiro atoms. The van der Waals surface area contributed by atoms with Gasteiger partial charge in [0.15, 0.2) is 0 Å². The van der Waals surface area contributed by atoms with E-state index < -0.39 is 21.7 Å². The molecule has 0 aliphatic heterocycles. The maximum Gasteiger partial charge on any atom is 0.248 e. The fourth-order valence-corrected chi connectivity index (χ4v) is 3.72. The number of hydrogen-bond donors (Lipinski definition) is 2. The van der Waals surface area contributed by atoms with E-state index in [2.05, 4.69) is 10.0 Å². The minimum atomic E-state index is -3.76. The third-order valence-corrected chi connectivity index (χ3v) is 5.09. The van der Waals surface area contributed by atoms with E-state index in [9.17, 15) is 17.6 Å². The van der Waals surface area contributed by atoms with Gasteiger partial charge in [0, 0.05) is 17.8 Å². The van der Waals surface area contributed by atoms with Crippen LogP contribution in [0.1, 0.15) is 19.4 Å². The second-order valence-corrected chi connectivity index (χ2v) is 7.70. The highest BCUT2D eigenvalue weighted by atomic mass is 32.2. The Balaban J connectivity index is 2.21. The molecule has 2 aromatic carbocycles. The van der Waals surface area contributed by atoms with E-state index >= 15 is 0 Å². The molecule has 0 heterocycles. The summed E-state index contributed by atoms with van der Waals surface area (Å²) in [6.45, 7) is 3.43. The zero-order valence-electron chi connectivity index (χ0n) is 15.2. The van der Waals surface area contributed by atoms with Crippen molar-refractivity contribution in [3.05, 3.63) is 59.9 Å². The molecule has 8 heteroatoms. The number of hydrogen-bond acceptors (Lipinski definition) is 4. The lowest BCUT2D eigenvalue weighted by atomic mass is 10.2. The molecule has 0 radical (unpaired) electrons. The second-order valence-electron chi connectivity index (χ2n) is 6.02. The number of methoxy groups -OCH3 is 1. The minimum Gasteiger partial charge on any atom is -0.495 e. The van der Waals surface area contributed by atoms with Crippen LogP contribution in [0.15, 0.2) is 53.4 Å². The van der Waals surface area contributed by atoms with Gasteiger partial charge in [-0.05, 0) is 61.9 Å². The SMILES string of the molecule is COc1ccc(/C=C/C(=O)Nc2ccc(F)cc2)cc1S(=O)(=O)NC(C)C. The fraction of sp³-hybridized carbons (Fsp3) is 0.211. The van der Waals surface area contributed by atoms with E-state index in [0.717, 1.165) is 0 Å². The molecule has 0 saturated carbocycles. The van der Waals surface area contributed by atoms with Gasteiger partial charge in [0.2, 0.25) is 15.9 Å². The molecule has 0 atom stereocenters. The summed E-state index contributed by atoms with van der Waals surface area (Å²) in [4.78, 5) is 12.0. The quantitative estimate of drug-likeness (QED) is 0.709. The largest absolute Gasteiger partial charge is 0.495 e. The Labute approximate surface area is 158 Å². The molecule has 2 aromatic rings. The monoisotopic (exact) mass is 392 g/mol. The number of amides is 1. The Morgan fingerprint density at radius 1 is 1.15 bits per heavy atom. The predicted molar refractivity (Wildman–Crippen MR) is 103 cm³/mol. The van der Waals surface area contributed by atoms with E-state index in [1.807, 2.05) is 0 Å². The first-order valence-corrected chi connectivity index (χ1v) is 9.64. The van der Waals surface area contributed by atoms with Crippen LogP contribution in [-0.2, 0) is 14.8 Å². The van der Waals surface area contributed by atoms with Gasteiger partial charge in [-0.1, -0.05) is 6.07 Å². The summed E-state index contributed by atoms with van der Waals surface area (Å²) in [7, 11) is -2.38. The smallest absolute Gasteiger partial charge is 0.248 e. The van der Waals surface area contributed by atoms with Crippen LogP contribution in [0.5, 0.6) is 5.75 Å². The third-order valence-electron chi connectivity index (χ3n) is 3.41. The summed E-state index contributed by atoms with van der Waals surface area (Å²) in [5.41, 5.74) is 0.958. The number of carbonyl (C=O) groups is 1. The van der Waals surface area contributed by atoms with Gasteiger partial charge in [0.05, 0.1) is 7.11 Å². The predicted octanol–water partition coefficient (Wildman–Crippen LogP) is 3.17. The van der Waals surface area contributed by atoms with E-state index in [-0.39, 0.29) is 16.7 Å². The molecule has 27 heavy (non-hydrogen) atoms. The van der Waals surface area contributed by atoms with Crippen molar-refractivity contribution < 1.29 is 22.3 Å². The van der Waals surface area contributed by atoms with Gasteiger partial charge in [0.25, 0.3) is 0 Å². The fourth-order valence-electron chi connectivity index (χ4n) is 2.27. The first-order chi connectivity index (χ1) is 12.7. The molecule has 0 fully saturated rings. The van der Waals surface area contributed by atoms with Crippen molar-refractivity contribution in [1.29, 1.82) is 0 Å². The van der Waals surface area contributed by atoms with Crippen LogP contribution in [0, 0.1) is 5.82 Å². The lowest BCUT2D eigenvalue weighted by Gasteiger charge is -2.13. The minimum absolute atomic E-state index is 0.0141. The molecule has 144 valence electrons. The van der Waals surface area contributed by atoms with Crippen molar-refractivity contribution >= 4 is 27.7 Å². The zero-order valence-corrected chi connectivity index (χ0v) is 16.0.